The number of unbranched alkanes of at least 4 members (excludes halogenated alkanes) is 3. The molecule has 0 saturated heterocycles. The van der Waals surface area contributed by atoms with Crippen LogP contribution in [0.5, 0.6) is 5.75 Å². The van der Waals surface area contributed by atoms with Crippen LogP contribution >= 0.6 is 0 Å². The van der Waals surface area contributed by atoms with E-state index in [9.17, 15) is 4.79 Å². The zero-order valence-corrected chi connectivity index (χ0v) is 19.5. The second kappa shape index (κ2) is 12.8. The summed E-state index contributed by atoms with van der Waals surface area (Å²) in [4.78, 5) is 17.0. The van der Waals surface area contributed by atoms with Crippen LogP contribution in [0.25, 0.3) is 0 Å². The van der Waals surface area contributed by atoms with Crippen LogP contribution in [0.2, 0.25) is 0 Å². The molecule has 0 spiro atoms. The summed E-state index contributed by atoms with van der Waals surface area (Å²) >= 11 is 0. The topological polar surface area (TPSA) is 39.2 Å². The highest BCUT2D eigenvalue weighted by molar-refractivity contribution is 5.91. The van der Waals surface area contributed by atoms with Crippen LogP contribution in [0.3, 0.4) is 0 Å². The molecule has 0 aliphatic heterocycles. The first-order valence-electron chi connectivity index (χ1n) is 12.0. The molecule has 0 aliphatic rings. The minimum atomic E-state index is -0.317. The normalized spacial score (nSPS) is 10.8. The second-order valence-electron chi connectivity index (χ2n) is 8.45. The molecule has 3 rings (SSSR count). The van der Waals surface area contributed by atoms with Gasteiger partial charge in [0.15, 0.2) is 0 Å². The molecule has 0 N–H and O–H groups in total. The van der Waals surface area contributed by atoms with Crippen LogP contribution in [-0.4, -0.2) is 11.0 Å². The third-order valence-corrected chi connectivity index (χ3v) is 5.77. The van der Waals surface area contributed by atoms with Gasteiger partial charge in [-0.05, 0) is 85.5 Å². The minimum Gasteiger partial charge on any atom is -0.423 e. The van der Waals surface area contributed by atoms with E-state index in [0.29, 0.717) is 11.3 Å². The van der Waals surface area contributed by atoms with E-state index >= 15 is 0 Å². The maximum Gasteiger partial charge on any atom is 0.343 e. The molecule has 1 aromatic heterocycles. The highest BCUT2D eigenvalue weighted by Crippen LogP contribution is 2.17. The van der Waals surface area contributed by atoms with Gasteiger partial charge in [-0.1, -0.05) is 63.4 Å². The van der Waals surface area contributed by atoms with E-state index in [4.69, 9.17) is 4.74 Å². The van der Waals surface area contributed by atoms with E-state index < -0.39 is 0 Å². The SMILES string of the molecule is CCCCCc1ccc(CCc2ccc(OC(=O)c3ccc(CCCC)cc3)cc2)nc1. The Bertz CT molecular complexity index is 944. The molecule has 0 radical (unpaired) electrons. The Hall–Kier alpha value is -2.94. The van der Waals surface area contributed by atoms with Crippen LogP contribution in [0, 0.1) is 0 Å². The number of nitrogens with zero attached hydrogens (tertiary/aromatic N) is 1. The van der Waals surface area contributed by atoms with Gasteiger partial charge in [0.1, 0.15) is 5.75 Å². The summed E-state index contributed by atoms with van der Waals surface area (Å²) in [5, 5.41) is 0. The molecule has 0 fully saturated rings. The number of aromatic nitrogens is 1. The molecule has 0 atom stereocenters. The van der Waals surface area contributed by atoms with Gasteiger partial charge in [0.05, 0.1) is 5.56 Å². The number of carbonyl (C=O) groups excluding carboxylic acids is 1. The molecule has 3 nitrogen and oxygen atoms in total. The molecule has 0 amide bonds. The zero-order chi connectivity index (χ0) is 22.6. The van der Waals surface area contributed by atoms with E-state index in [1.165, 1.54) is 42.4 Å². The number of benzene rings is 2. The van der Waals surface area contributed by atoms with E-state index in [2.05, 4.69) is 31.0 Å². The van der Waals surface area contributed by atoms with E-state index in [-0.39, 0.29) is 5.97 Å². The minimum absolute atomic E-state index is 0.317. The molecule has 3 heteroatoms. The lowest BCUT2D eigenvalue weighted by Crippen LogP contribution is -2.08. The van der Waals surface area contributed by atoms with Crippen molar-refractivity contribution in [3.63, 3.8) is 0 Å². The lowest BCUT2D eigenvalue weighted by molar-refractivity contribution is 0.0734. The Morgan fingerprint density at radius 2 is 1.31 bits per heavy atom. The maximum absolute atomic E-state index is 12.4. The van der Waals surface area contributed by atoms with Crippen molar-refractivity contribution in [2.24, 2.45) is 0 Å². The Kier molecular flexibility index (Phi) is 9.49. The monoisotopic (exact) mass is 429 g/mol. The Morgan fingerprint density at radius 1 is 0.688 bits per heavy atom. The van der Waals surface area contributed by atoms with Gasteiger partial charge < -0.3 is 4.74 Å². The van der Waals surface area contributed by atoms with Crippen LogP contribution in [-0.2, 0) is 25.7 Å². The van der Waals surface area contributed by atoms with Gasteiger partial charge in [0.25, 0.3) is 0 Å². The molecule has 2 aromatic carbocycles. The van der Waals surface area contributed by atoms with Gasteiger partial charge in [0, 0.05) is 11.9 Å². The van der Waals surface area contributed by atoms with Gasteiger partial charge in [-0.25, -0.2) is 4.79 Å². The number of esters is 1. The van der Waals surface area contributed by atoms with Gasteiger partial charge in [-0.2, -0.15) is 0 Å². The summed E-state index contributed by atoms with van der Waals surface area (Å²) in [6.45, 7) is 4.41. The number of carbonyl (C=O) groups is 1. The molecule has 0 unspecified atom stereocenters. The van der Waals surface area contributed by atoms with Crippen molar-refractivity contribution in [2.75, 3.05) is 0 Å². The molecule has 0 aliphatic carbocycles. The van der Waals surface area contributed by atoms with Gasteiger partial charge in [-0.3, -0.25) is 4.98 Å². The van der Waals surface area contributed by atoms with Crippen molar-refractivity contribution in [3.05, 3.63) is 94.8 Å². The van der Waals surface area contributed by atoms with E-state index in [1.54, 1.807) is 0 Å². The predicted octanol–water partition coefficient (Wildman–Crippen LogP) is 7.16. The Balaban J connectivity index is 1.46. The average molecular weight is 430 g/mol. The summed E-state index contributed by atoms with van der Waals surface area (Å²) < 4.78 is 5.54. The van der Waals surface area contributed by atoms with Crippen molar-refractivity contribution in [1.82, 2.24) is 4.98 Å². The van der Waals surface area contributed by atoms with Crippen molar-refractivity contribution in [3.8, 4) is 5.75 Å². The van der Waals surface area contributed by atoms with Gasteiger partial charge >= 0.3 is 5.97 Å². The summed E-state index contributed by atoms with van der Waals surface area (Å²) in [5.41, 5.74) is 5.48. The number of hydrogen-bond acceptors (Lipinski definition) is 3. The molecule has 0 bridgehead atoms. The lowest BCUT2D eigenvalue weighted by Gasteiger charge is -2.07. The van der Waals surface area contributed by atoms with Crippen molar-refractivity contribution in [2.45, 2.75) is 71.6 Å². The number of ether oxygens (including phenoxy) is 1. The summed E-state index contributed by atoms with van der Waals surface area (Å²) in [6.07, 6.45) is 12.1. The fourth-order valence-electron chi connectivity index (χ4n) is 3.68. The van der Waals surface area contributed by atoms with Crippen molar-refractivity contribution < 1.29 is 9.53 Å². The predicted molar refractivity (Wildman–Crippen MR) is 131 cm³/mol. The van der Waals surface area contributed by atoms with Crippen molar-refractivity contribution in [1.29, 1.82) is 0 Å². The number of pyridine rings is 1. The number of hydrogen-bond donors (Lipinski definition) is 0. The van der Waals surface area contributed by atoms with Gasteiger partial charge in [0.2, 0.25) is 0 Å². The van der Waals surface area contributed by atoms with Crippen LogP contribution in [0.15, 0.2) is 66.9 Å². The first-order chi connectivity index (χ1) is 15.7. The fraction of sp³-hybridized carbons (Fsp3) is 0.379. The first-order valence-corrected chi connectivity index (χ1v) is 12.0. The summed E-state index contributed by atoms with van der Waals surface area (Å²) in [7, 11) is 0. The van der Waals surface area contributed by atoms with E-state index in [0.717, 1.165) is 37.8 Å². The molecule has 1 heterocycles. The molecular weight excluding hydrogens is 394 g/mol. The van der Waals surface area contributed by atoms with Gasteiger partial charge in [-0.15, -0.1) is 0 Å². The Morgan fingerprint density at radius 3 is 1.97 bits per heavy atom. The zero-order valence-electron chi connectivity index (χ0n) is 19.5. The summed E-state index contributed by atoms with van der Waals surface area (Å²) in [5.74, 6) is 0.256. The quantitative estimate of drug-likeness (QED) is 0.174. The van der Waals surface area contributed by atoms with E-state index in [1.807, 2.05) is 54.7 Å². The summed E-state index contributed by atoms with van der Waals surface area (Å²) in [6, 6.07) is 19.9. The van der Waals surface area contributed by atoms with Crippen molar-refractivity contribution >= 4 is 5.97 Å². The van der Waals surface area contributed by atoms with Crippen LogP contribution in [0.4, 0.5) is 0 Å². The average Bonchev–Trinajstić information content (AvgIpc) is 2.83. The lowest BCUT2D eigenvalue weighted by atomic mass is 10.1. The van der Waals surface area contributed by atoms with Crippen LogP contribution in [0.1, 0.15) is 78.7 Å². The number of rotatable bonds is 12. The molecule has 168 valence electrons. The second-order valence-corrected chi connectivity index (χ2v) is 8.45. The smallest absolute Gasteiger partial charge is 0.343 e. The third kappa shape index (κ3) is 7.64. The third-order valence-electron chi connectivity index (χ3n) is 5.77. The number of aryl methyl sites for hydroxylation is 4. The largest absolute Gasteiger partial charge is 0.423 e. The highest BCUT2D eigenvalue weighted by atomic mass is 16.5. The maximum atomic E-state index is 12.4. The standard InChI is InChI=1S/C29H35NO2/c1-3-5-7-9-25-13-19-27(30-22-25)18-12-24-14-20-28(21-15-24)32-29(31)26-16-10-23(11-17-26)8-6-4-2/h10-11,13-17,19-22H,3-9,12,18H2,1-2H3. The highest BCUT2D eigenvalue weighted by Gasteiger charge is 2.09. The first kappa shape index (κ1) is 23.7. The molecule has 3 aromatic rings. The molecular formula is C29H35NO2. The Labute approximate surface area is 192 Å². The fourth-order valence-corrected chi connectivity index (χ4v) is 3.68. The molecule has 32 heavy (non-hydrogen) atoms. The van der Waals surface area contributed by atoms with Crippen LogP contribution < -0.4 is 4.74 Å². The molecule has 0 saturated carbocycles.